The van der Waals surface area contributed by atoms with Crippen LogP contribution in [0.5, 0.6) is 0 Å². The molecule has 0 aromatic heterocycles. The summed E-state index contributed by atoms with van der Waals surface area (Å²) in [5.41, 5.74) is 9.19. The van der Waals surface area contributed by atoms with Gasteiger partial charge in [-0.05, 0) is 48.5 Å². The van der Waals surface area contributed by atoms with Crippen molar-refractivity contribution in [3.05, 3.63) is 179 Å². The van der Waals surface area contributed by atoms with Gasteiger partial charge in [0, 0.05) is 45.5 Å². The molecule has 0 N–H and O–H groups in total. The van der Waals surface area contributed by atoms with Gasteiger partial charge in [-0.1, -0.05) is 72.8 Å². The van der Waals surface area contributed by atoms with Gasteiger partial charge in [-0.2, -0.15) is 0 Å². The van der Waals surface area contributed by atoms with Crippen molar-refractivity contribution in [3.8, 4) is 0 Å². The summed E-state index contributed by atoms with van der Waals surface area (Å²) in [5.74, 6) is -2.66. The van der Waals surface area contributed by atoms with Gasteiger partial charge in [0.05, 0.1) is 34.1 Å². The van der Waals surface area contributed by atoms with Crippen molar-refractivity contribution in [3.63, 3.8) is 0 Å². The van der Waals surface area contributed by atoms with Crippen LogP contribution in [0, 0.1) is 23.3 Å². The number of halogens is 4. The summed E-state index contributed by atoms with van der Waals surface area (Å²) in [4.78, 5) is 3.76. The van der Waals surface area contributed by atoms with E-state index in [-0.39, 0.29) is 0 Å². The molecular weight excluding hydrogens is 560 g/mol. The van der Waals surface area contributed by atoms with Crippen molar-refractivity contribution in [1.82, 2.24) is 0 Å². The molecule has 8 rings (SSSR count). The number of nitrogens with zero attached hydrogens (tertiary/aromatic N) is 2. The number of para-hydroxylation sites is 4. The topological polar surface area (TPSA) is 6.48 Å². The highest BCUT2D eigenvalue weighted by molar-refractivity contribution is 6.17. The van der Waals surface area contributed by atoms with Crippen molar-refractivity contribution in [1.29, 1.82) is 0 Å². The molecule has 2 aliphatic rings. The number of hydrogen-bond acceptors (Lipinski definition) is 2. The van der Waals surface area contributed by atoms with Gasteiger partial charge in [-0.3, -0.25) is 0 Å². The third kappa shape index (κ3) is 4.02. The van der Waals surface area contributed by atoms with E-state index in [0.29, 0.717) is 11.4 Å². The molecule has 0 bridgehead atoms. The molecule has 0 atom stereocenters. The average Bonchev–Trinajstić information content (AvgIpc) is 3.01. The standard InChI is InChI=1S/C38H22F4N2/c39-23-17-24(40)20-27(19-23)43-33-13-5-1-9-29(33)37(30-10-2-6-14-34(30)43)38-31-11-3-7-15-35(31)44(36-16-8-4-12-32(36)38)28-21-25(41)18-26(42)22-28/h1-22H. The van der Waals surface area contributed by atoms with Crippen LogP contribution in [0.15, 0.2) is 133 Å². The first-order chi connectivity index (χ1) is 21.5. The van der Waals surface area contributed by atoms with Gasteiger partial charge in [0.1, 0.15) is 23.3 Å². The Kier molecular flexibility index (Phi) is 5.91. The Morgan fingerprint density at radius 2 is 0.568 bits per heavy atom. The number of rotatable bonds is 2. The Hall–Kier alpha value is -5.62. The summed E-state index contributed by atoms with van der Waals surface area (Å²) in [6.07, 6.45) is 0. The zero-order chi connectivity index (χ0) is 29.9. The van der Waals surface area contributed by atoms with Gasteiger partial charge >= 0.3 is 0 Å². The maximum atomic E-state index is 14.5. The molecule has 6 aromatic rings. The molecule has 0 saturated heterocycles. The Morgan fingerprint density at radius 3 is 0.841 bits per heavy atom. The second-order valence-corrected chi connectivity index (χ2v) is 10.7. The smallest absolute Gasteiger partial charge is 0.128 e. The molecule has 6 aromatic carbocycles. The number of anilines is 6. The molecule has 0 amide bonds. The highest BCUT2D eigenvalue weighted by atomic mass is 19.1. The summed E-state index contributed by atoms with van der Waals surface area (Å²) in [6.45, 7) is 0. The lowest BCUT2D eigenvalue weighted by Gasteiger charge is -2.39. The third-order valence-corrected chi connectivity index (χ3v) is 8.12. The van der Waals surface area contributed by atoms with E-state index in [0.717, 1.165) is 68.3 Å². The SMILES string of the molecule is Fc1cc(F)cc(N2c3ccccc3C(=C3c4ccccc4N(c4cc(F)cc(F)c4)c4ccccc43)c3ccccc32)c1. The molecule has 2 heterocycles. The number of fused-ring (bicyclic) bond motifs is 4. The molecule has 0 aliphatic carbocycles. The monoisotopic (exact) mass is 582 g/mol. The zero-order valence-electron chi connectivity index (χ0n) is 23.1. The van der Waals surface area contributed by atoms with Crippen LogP contribution >= 0.6 is 0 Å². The molecule has 0 spiro atoms. The summed E-state index contributed by atoms with van der Waals surface area (Å²) < 4.78 is 58.1. The van der Waals surface area contributed by atoms with E-state index >= 15 is 0 Å². The van der Waals surface area contributed by atoms with Crippen molar-refractivity contribution < 1.29 is 17.6 Å². The molecule has 6 heteroatoms. The highest BCUT2D eigenvalue weighted by Crippen LogP contribution is 2.56. The third-order valence-electron chi connectivity index (χ3n) is 8.12. The first-order valence-corrected chi connectivity index (χ1v) is 14.1. The van der Waals surface area contributed by atoms with E-state index in [1.807, 2.05) is 107 Å². The fourth-order valence-electron chi connectivity index (χ4n) is 6.50. The summed E-state index contributed by atoms with van der Waals surface area (Å²) in [5, 5.41) is 0. The van der Waals surface area contributed by atoms with Gasteiger partial charge in [0.2, 0.25) is 0 Å². The molecule has 44 heavy (non-hydrogen) atoms. The van der Waals surface area contributed by atoms with Crippen molar-refractivity contribution in [2.75, 3.05) is 9.80 Å². The predicted octanol–water partition coefficient (Wildman–Crippen LogP) is 10.8. The van der Waals surface area contributed by atoms with E-state index in [1.54, 1.807) is 0 Å². The van der Waals surface area contributed by atoms with E-state index in [2.05, 4.69) is 0 Å². The van der Waals surface area contributed by atoms with Gasteiger partial charge in [0.25, 0.3) is 0 Å². The minimum Gasteiger partial charge on any atom is -0.309 e. The molecule has 0 fully saturated rings. The molecule has 212 valence electrons. The minimum absolute atomic E-state index is 0.371. The molecular formula is C38H22F4N2. The molecule has 2 aliphatic heterocycles. The molecule has 0 radical (unpaired) electrons. The van der Waals surface area contributed by atoms with Crippen molar-refractivity contribution in [2.45, 2.75) is 0 Å². The van der Waals surface area contributed by atoms with E-state index in [1.165, 1.54) is 24.3 Å². The van der Waals surface area contributed by atoms with Crippen LogP contribution in [0.3, 0.4) is 0 Å². The summed E-state index contributed by atoms with van der Waals surface area (Å²) in [7, 11) is 0. The molecule has 0 saturated carbocycles. The maximum Gasteiger partial charge on any atom is 0.128 e. The van der Waals surface area contributed by atoms with E-state index in [4.69, 9.17) is 0 Å². The Balaban J connectivity index is 1.47. The van der Waals surface area contributed by atoms with E-state index in [9.17, 15) is 17.6 Å². The fourth-order valence-corrected chi connectivity index (χ4v) is 6.50. The summed E-state index contributed by atoms with van der Waals surface area (Å²) in [6, 6.07) is 38.2. The Morgan fingerprint density at radius 1 is 0.318 bits per heavy atom. The van der Waals surface area contributed by atoms with E-state index < -0.39 is 23.3 Å². The van der Waals surface area contributed by atoms with Crippen LogP contribution in [0.2, 0.25) is 0 Å². The Bertz CT molecular complexity index is 1860. The zero-order valence-corrected chi connectivity index (χ0v) is 23.1. The molecule has 0 unspecified atom stereocenters. The Labute approximate surface area is 251 Å². The quantitative estimate of drug-likeness (QED) is 0.187. The van der Waals surface area contributed by atoms with Crippen LogP contribution in [0.1, 0.15) is 22.3 Å². The fraction of sp³-hybridized carbons (Fsp3) is 0. The van der Waals surface area contributed by atoms with Crippen LogP contribution < -0.4 is 9.80 Å². The van der Waals surface area contributed by atoms with Gasteiger partial charge in [-0.15, -0.1) is 0 Å². The van der Waals surface area contributed by atoms with Crippen molar-refractivity contribution in [2.24, 2.45) is 0 Å². The first-order valence-electron chi connectivity index (χ1n) is 14.1. The first kappa shape index (κ1) is 26.0. The van der Waals surface area contributed by atoms with Crippen LogP contribution in [-0.4, -0.2) is 0 Å². The second kappa shape index (κ2) is 9.99. The predicted molar refractivity (Wildman–Crippen MR) is 167 cm³/mol. The highest BCUT2D eigenvalue weighted by Gasteiger charge is 2.35. The number of hydrogen-bond donors (Lipinski definition) is 0. The minimum atomic E-state index is -0.664. The lowest BCUT2D eigenvalue weighted by molar-refractivity contribution is 0.583. The van der Waals surface area contributed by atoms with Gasteiger partial charge < -0.3 is 9.80 Å². The largest absolute Gasteiger partial charge is 0.309 e. The number of benzene rings is 6. The lowest BCUT2D eigenvalue weighted by Crippen LogP contribution is -2.22. The van der Waals surface area contributed by atoms with Crippen LogP contribution in [0.25, 0.3) is 11.1 Å². The second-order valence-electron chi connectivity index (χ2n) is 10.7. The van der Waals surface area contributed by atoms with Crippen molar-refractivity contribution >= 4 is 45.3 Å². The normalized spacial score (nSPS) is 13.3. The average molecular weight is 583 g/mol. The van der Waals surface area contributed by atoms with Gasteiger partial charge in [0.15, 0.2) is 0 Å². The van der Waals surface area contributed by atoms with Crippen LogP contribution in [-0.2, 0) is 0 Å². The van der Waals surface area contributed by atoms with Gasteiger partial charge in [-0.25, -0.2) is 17.6 Å². The molecule has 2 nitrogen and oxygen atoms in total. The summed E-state index contributed by atoms with van der Waals surface area (Å²) >= 11 is 0. The lowest BCUT2D eigenvalue weighted by atomic mass is 9.79. The maximum absolute atomic E-state index is 14.5. The van der Waals surface area contributed by atoms with Crippen LogP contribution in [0.4, 0.5) is 51.7 Å².